The van der Waals surface area contributed by atoms with E-state index in [0.717, 1.165) is 0 Å². The summed E-state index contributed by atoms with van der Waals surface area (Å²) in [5.74, 6) is 1.66. The van der Waals surface area contributed by atoms with Crippen molar-refractivity contribution in [2.24, 2.45) is 0 Å². The number of fused-ring (bicyclic) bond motifs is 1. The van der Waals surface area contributed by atoms with Crippen molar-refractivity contribution in [3.63, 3.8) is 0 Å². The normalized spacial score (nSPS) is 12.2. The monoisotopic (exact) mass is 241 g/mol. The number of hydrogen-bond donors (Lipinski definition) is 1. The maximum absolute atomic E-state index is 11.5. The lowest BCUT2D eigenvalue weighted by atomic mass is 10.2. The van der Waals surface area contributed by atoms with Crippen LogP contribution in [0, 0.1) is 11.3 Å². The molecular weight excluding hydrogens is 234 g/mol. The lowest BCUT2D eigenvalue weighted by Crippen LogP contribution is -2.11. The molecule has 0 saturated carbocycles. The van der Waals surface area contributed by atoms with Gasteiger partial charge in [-0.25, -0.2) is 4.98 Å². The summed E-state index contributed by atoms with van der Waals surface area (Å²) < 4.78 is 10.4. The van der Waals surface area contributed by atoms with Gasteiger partial charge in [0, 0.05) is 5.56 Å². The summed E-state index contributed by atoms with van der Waals surface area (Å²) in [6, 6.07) is 7.00. The zero-order valence-electron chi connectivity index (χ0n) is 9.14. The highest BCUT2D eigenvalue weighted by Crippen LogP contribution is 2.34. The predicted molar refractivity (Wildman–Crippen MR) is 61.1 cm³/mol. The van der Waals surface area contributed by atoms with Crippen LogP contribution in [0.1, 0.15) is 5.56 Å². The first-order chi connectivity index (χ1) is 8.78. The average Bonchev–Trinajstić information content (AvgIpc) is 2.85. The number of nitriles is 1. The lowest BCUT2D eigenvalue weighted by molar-refractivity contribution is 0.174. The third-order valence-electron chi connectivity index (χ3n) is 2.57. The summed E-state index contributed by atoms with van der Waals surface area (Å²) >= 11 is 0. The highest BCUT2D eigenvalue weighted by molar-refractivity contribution is 5.61. The van der Waals surface area contributed by atoms with E-state index in [1.54, 1.807) is 24.3 Å². The lowest BCUT2D eigenvalue weighted by Gasteiger charge is -2.02. The van der Waals surface area contributed by atoms with E-state index < -0.39 is 5.56 Å². The van der Waals surface area contributed by atoms with Gasteiger partial charge in [-0.3, -0.25) is 4.79 Å². The van der Waals surface area contributed by atoms with Gasteiger partial charge < -0.3 is 14.5 Å². The Bertz CT molecular complexity index is 715. The van der Waals surface area contributed by atoms with E-state index in [1.165, 1.54) is 6.20 Å². The fourth-order valence-electron chi connectivity index (χ4n) is 1.67. The Kier molecular flexibility index (Phi) is 2.24. The fourth-order valence-corrected chi connectivity index (χ4v) is 1.67. The van der Waals surface area contributed by atoms with Crippen LogP contribution in [0.25, 0.3) is 11.4 Å². The van der Waals surface area contributed by atoms with Gasteiger partial charge in [0.15, 0.2) is 11.5 Å². The van der Waals surface area contributed by atoms with Crippen molar-refractivity contribution in [1.29, 1.82) is 5.26 Å². The smallest absolute Gasteiger partial charge is 0.269 e. The molecule has 2 heterocycles. The van der Waals surface area contributed by atoms with Crippen LogP contribution in [0.4, 0.5) is 0 Å². The minimum absolute atomic E-state index is 0.0144. The van der Waals surface area contributed by atoms with E-state index >= 15 is 0 Å². The van der Waals surface area contributed by atoms with Gasteiger partial charge in [0.1, 0.15) is 17.5 Å². The molecular formula is C12H7N3O3. The van der Waals surface area contributed by atoms with E-state index in [0.29, 0.717) is 22.9 Å². The minimum atomic E-state index is -0.458. The van der Waals surface area contributed by atoms with Gasteiger partial charge >= 0.3 is 0 Å². The molecule has 0 saturated heterocycles. The minimum Gasteiger partial charge on any atom is -0.454 e. The molecule has 18 heavy (non-hydrogen) atoms. The van der Waals surface area contributed by atoms with Crippen LogP contribution < -0.4 is 15.0 Å². The third kappa shape index (κ3) is 1.58. The van der Waals surface area contributed by atoms with Crippen molar-refractivity contribution in [2.75, 3.05) is 6.79 Å². The third-order valence-corrected chi connectivity index (χ3v) is 2.57. The van der Waals surface area contributed by atoms with Crippen molar-refractivity contribution in [3.05, 3.63) is 40.3 Å². The molecule has 0 fully saturated rings. The number of aromatic amines is 1. The Hall–Kier alpha value is -2.81. The molecule has 0 bridgehead atoms. The van der Waals surface area contributed by atoms with E-state index in [9.17, 15) is 4.79 Å². The molecule has 1 N–H and O–H groups in total. The van der Waals surface area contributed by atoms with Crippen molar-refractivity contribution in [3.8, 4) is 29.0 Å². The molecule has 0 radical (unpaired) electrons. The molecule has 3 rings (SSSR count). The molecule has 0 atom stereocenters. The number of hydrogen-bond acceptors (Lipinski definition) is 5. The van der Waals surface area contributed by atoms with Gasteiger partial charge in [0.2, 0.25) is 6.79 Å². The van der Waals surface area contributed by atoms with Crippen LogP contribution in [0.15, 0.2) is 29.2 Å². The summed E-state index contributed by atoms with van der Waals surface area (Å²) in [6.45, 7) is 0.191. The maximum atomic E-state index is 11.5. The standard InChI is InChI=1S/C12H7N3O3/c13-4-8-5-14-11(15-12(8)16)7-1-2-9-10(3-7)18-6-17-9/h1-3,5H,6H2,(H,14,15,16). The SMILES string of the molecule is N#Cc1cnc(-c2ccc3c(c2)OCO3)[nH]c1=O. The topological polar surface area (TPSA) is 88.0 Å². The van der Waals surface area contributed by atoms with Crippen LogP contribution in [0.3, 0.4) is 0 Å². The zero-order chi connectivity index (χ0) is 12.5. The average molecular weight is 241 g/mol. The first-order valence-corrected chi connectivity index (χ1v) is 5.17. The number of H-pyrrole nitrogens is 1. The summed E-state index contributed by atoms with van der Waals surface area (Å²) in [5, 5.41) is 8.66. The molecule has 0 aliphatic carbocycles. The Balaban J connectivity index is 2.08. The van der Waals surface area contributed by atoms with Gasteiger partial charge in [-0.2, -0.15) is 5.26 Å². The van der Waals surface area contributed by atoms with Crippen molar-refractivity contribution in [2.45, 2.75) is 0 Å². The van der Waals surface area contributed by atoms with Crippen LogP contribution >= 0.6 is 0 Å². The summed E-state index contributed by atoms with van der Waals surface area (Å²) in [5.41, 5.74) is 0.223. The molecule has 0 spiro atoms. The number of aromatic nitrogens is 2. The number of nitrogens with one attached hydrogen (secondary N) is 1. The molecule has 6 heteroatoms. The summed E-state index contributed by atoms with van der Waals surface area (Å²) in [7, 11) is 0. The zero-order valence-corrected chi connectivity index (χ0v) is 9.14. The van der Waals surface area contributed by atoms with Crippen LogP contribution in [-0.4, -0.2) is 16.8 Å². The molecule has 1 aromatic carbocycles. The largest absolute Gasteiger partial charge is 0.454 e. The van der Waals surface area contributed by atoms with Gasteiger partial charge in [-0.1, -0.05) is 0 Å². The number of nitrogens with zero attached hydrogens (tertiary/aromatic N) is 2. The van der Waals surface area contributed by atoms with Gasteiger partial charge in [-0.15, -0.1) is 0 Å². The van der Waals surface area contributed by atoms with Crippen molar-refractivity contribution < 1.29 is 9.47 Å². The van der Waals surface area contributed by atoms with E-state index in [-0.39, 0.29) is 12.4 Å². The Morgan fingerprint density at radius 1 is 1.33 bits per heavy atom. The molecule has 6 nitrogen and oxygen atoms in total. The van der Waals surface area contributed by atoms with E-state index in [2.05, 4.69) is 9.97 Å². The summed E-state index contributed by atoms with van der Waals surface area (Å²) in [4.78, 5) is 18.1. The van der Waals surface area contributed by atoms with Crippen molar-refractivity contribution in [1.82, 2.24) is 9.97 Å². The second-order valence-corrected chi connectivity index (χ2v) is 3.65. The molecule has 0 unspecified atom stereocenters. The number of rotatable bonds is 1. The molecule has 0 amide bonds. The van der Waals surface area contributed by atoms with Gasteiger partial charge in [-0.05, 0) is 18.2 Å². The second-order valence-electron chi connectivity index (χ2n) is 3.65. The Morgan fingerprint density at radius 3 is 2.94 bits per heavy atom. The molecule has 1 aliphatic rings. The number of benzene rings is 1. The highest BCUT2D eigenvalue weighted by Gasteiger charge is 2.14. The molecule has 88 valence electrons. The van der Waals surface area contributed by atoms with Crippen LogP contribution in [-0.2, 0) is 0 Å². The van der Waals surface area contributed by atoms with Crippen LogP contribution in [0.5, 0.6) is 11.5 Å². The highest BCUT2D eigenvalue weighted by atomic mass is 16.7. The number of ether oxygens (including phenoxy) is 2. The molecule has 1 aliphatic heterocycles. The van der Waals surface area contributed by atoms with E-state index in [4.69, 9.17) is 14.7 Å². The Morgan fingerprint density at radius 2 is 2.17 bits per heavy atom. The van der Waals surface area contributed by atoms with E-state index in [1.807, 2.05) is 0 Å². The first-order valence-electron chi connectivity index (χ1n) is 5.17. The van der Waals surface area contributed by atoms with Gasteiger partial charge in [0.05, 0.1) is 6.20 Å². The first kappa shape index (κ1) is 10.4. The van der Waals surface area contributed by atoms with Crippen LogP contribution in [0.2, 0.25) is 0 Å². The van der Waals surface area contributed by atoms with Crippen molar-refractivity contribution >= 4 is 0 Å². The quantitative estimate of drug-likeness (QED) is 0.805. The second kappa shape index (κ2) is 3.89. The van der Waals surface area contributed by atoms with Gasteiger partial charge in [0.25, 0.3) is 5.56 Å². The maximum Gasteiger partial charge on any atom is 0.269 e. The predicted octanol–water partition coefficient (Wildman–Crippen LogP) is 1.04. The Labute approximate surface area is 101 Å². The molecule has 2 aromatic rings. The summed E-state index contributed by atoms with van der Waals surface area (Å²) in [6.07, 6.45) is 1.25. The fraction of sp³-hybridized carbons (Fsp3) is 0.0833. The molecule has 1 aromatic heterocycles.